The van der Waals surface area contributed by atoms with Crippen LogP contribution in [0, 0.1) is 12.2 Å². The van der Waals surface area contributed by atoms with Gasteiger partial charge in [-0.15, -0.1) is 52.6 Å². The summed E-state index contributed by atoms with van der Waals surface area (Å²) in [6.07, 6.45) is 20.0. The molecule has 0 amide bonds. The van der Waals surface area contributed by atoms with Crippen molar-refractivity contribution in [2.75, 3.05) is 0 Å². The zero-order chi connectivity index (χ0) is 15.7. The fourth-order valence-corrected chi connectivity index (χ4v) is 2.58. The Morgan fingerprint density at radius 1 is 0.654 bits per heavy atom. The summed E-state index contributed by atoms with van der Waals surface area (Å²) in [6, 6.07) is 19.3. The fourth-order valence-electron chi connectivity index (χ4n) is 2.58. The molecule has 0 heterocycles. The van der Waals surface area contributed by atoms with E-state index in [9.17, 15) is 0 Å². The Hall–Kier alpha value is -1.27. The van der Waals surface area contributed by atoms with Gasteiger partial charge in [-0.1, -0.05) is 36.4 Å². The third kappa shape index (κ3) is 7.16. The second kappa shape index (κ2) is 13.9. The van der Waals surface area contributed by atoms with E-state index in [1.807, 2.05) is 24.3 Å². The molecule has 3 aromatic rings. The van der Waals surface area contributed by atoms with E-state index in [0.29, 0.717) is 0 Å². The first kappa shape index (κ1) is 24.7. The first-order valence-corrected chi connectivity index (χ1v) is 7.92. The topological polar surface area (TPSA) is 0 Å². The summed E-state index contributed by atoms with van der Waals surface area (Å²) in [5.41, 5.74) is 0. The van der Waals surface area contributed by atoms with Crippen molar-refractivity contribution in [3.63, 3.8) is 0 Å². The maximum Gasteiger partial charge on any atom is 2.00 e. The van der Waals surface area contributed by atoms with Crippen molar-refractivity contribution in [3.8, 4) is 0 Å². The van der Waals surface area contributed by atoms with E-state index >= 15 is 0 Å². The molecule has 2 aliphatic rings. The quantitative estimate of drug-likeness (QED) is 0.427. The van der Waals surface area contributed by atoms with Crippen LogP contribution in [0.25, 0.3) is 21.5 Å². The number of halogens is 2. The Kier molecular flexibility index (Phi) is 13.2. The predicted octanol–water partition coefficient (Wildman–Crippen LogP) is 0.329. The van der Waals surface area contributed by atoms with Crippen LogP contribution in [0.5, 0.6) is 0 Å². The van der Waals surface area contributed by atoms with Gasteiger partial charge < -0.3 is 24.8 Å². The van der Waals surface area contributed by atoms with Crippen molar-refractivity contribution in [2.45, 2.75) is 12.8 Å². The van der Waals surface area contributed by atoms with Gasteiger partial charge in [-0.05, 0) is 0 Å². The van der Waals surface area contributed by atoms with Crippen molar-refractivity contribution in [1.82, 2.24) is 0 Å². The van der Waals surface area contributed by atoms with Gasteiger partial charge in [0.2, 0.25) is 0 Å². The van der Waals surface area contributed by atoms with Gasteiger partial charge in [0, 0.05) is 0 Å². The maximum absolute atomic E-state index is 2.99. The van der Waals surface area contributed by atoms with Crippen molar-refractivity contribution in [1.29, 1.82) is 0 Å². The van der Waals surface area contributed by atoms with Crippen molar-refractivity contribution in [3.05, 3.63) is 103 Å². The number of rotatable bonds is 0. The standard InChI is InChI=1S/C13H9.2C5H5.2ClH.Zr/c1-3-7-12-10(5-1)9-11-6-2-4-8-13(11)12;2*1-2-4-5-3-1;;;/h1-9H;2*1-3H,4H2;2*1H;/q3*-1;;;+2/p-2. The molecular formula is C23H19Cl2Zr-3. The third-order valence-electron chi connectivity index (χ3n) is 3.69. The molecule has 0 aliphatic heterocycles. The molecule has 0 saturated heterocycles. The van der Waals surface area contributed by atoms with Gasteiger partial charge in [-0.2, -0.15) is 12.2 Å². The van der Waals surface area contributed by atoms with Crippen LogP contribution in [-0.4, -0.2) is 0 Å². The van der Waals surface area contributed by atoms with E-state index in [2.05, 4.69) is 78.9 Å². The molecule has 132 valence electrons. The predicted molar refractivity (Wildman–Crippen MR) is 100 cm³/mol. The fraction of sp³-hybridized carbons (Fsp3) is 0.0870. The summed E-state index contributed by atoms with van der Waals surface area (Å²) in [5, 5.41) is 5.39. The Morgan fingerprint density at radius 3 is 1.38 bits per heavy atom. The molecule has 0 spiro atoms. The zero-order valence-corrected chi connectivity index (χ0v) is 18.3. The Morgan fingerprint density at radius 2 is 1.08 bits per heavy atom. The molecule has 0 aromatic heterocycles. The molecule has 0 bridgehead atoms. The SMILES string of the molecule is [C-]1=CC=CC1.[C-]1=CC=CC1.[Cl-].[Cl-].[Zr+2].c1ccc2c(c1)[cH-]c1ccccc12. The minimum Gasteiger partial charge on any atom is -1.00 e. The van der Waals surface area contributed by atoms with E-state index in [-0.39, 0.29) is 51.0 Å². The Balaban J connectivity index is 0.000000408. The second-order valence-electron chi connectivity index (χ2n) is 5.32. The molecule has 0 radical (unpaired) electrons. The van der Waals surface area contributed by atoms with E-state index in [1.165, 1.54) is 21.5 Å². The number of fused-ring (bicyclic) bond motifs is 3. The molecule has 3 aromatic carbocycles. The molecule has 3 heteroatoms. The van der Waals surface area contributed by atoms with Crippen LogP contribution in [0.2, 0.25) is 0 Å². The summed E-state index contributed by atoms with van der Waals surface area (Å²) in [6.45, 7) is 0. The van der Waals surface area contributed by atoms with Gasteiger partial charge in [0.05, 0.1) is 0 Å². The van der Waals surface area contributed by atoms with Crippen LogP contribution in [0.3, 0.4) is 0 Å². The second-order valence-corrected chi connectivity index (χ2v) is 5.32. The molecule has 0 N–H and O–H groups in total. The molecule has 0 unspecified atom stereocenters. The van der Waals surface area contributed by atoms with Crippen LogP contribution in [0.4, 0.5) is 0 Å². The number of benzene rings is 2. The van der Waals surface area contributed by atoms with E-state index in [1.54, 1.807) is 0 Å². The summed E-state index contributed by atoms with van der Waals surface area (Å²) >= 11 is 0. The molecule has 5 rings (SSSR count). The average Bonchev–Trinajstić information content (AvgIpc) is 3.38. The van der Waals surface area contributed by atoms with Gasteiger partial charge >= 0.3 is 26.2 Å². The summed E-state index contributed by atoms with van der Waals surface area (Å²) in [5.74, 6) is 0. The van der Waals surface area contributed by atoms with Crippen LogP contribution < -0.4 is 24.8 Å². The summed E-state index contributed by atoms with van der Waals surface area (Å²) in [4.78, 5) is 0. The smallest absolute Gasteiger partial charge is 1.00 e. The zero-order valence-electron chi connectivity index (χ0n) is 14.3. The van der Waals surface area contributed by atoms with E-state index < -0.39 is 0 Å². The monoisotopic (exact) mass is 455 g/mol. The molecule has 0 saturated carbocycles. The van der Waals surface area contributed by atoms with Gasteiger partial charge in [-0.25, -0.2) is 24.3 Å². The molecular weight excluding hydrogens is 438 g/mol. The molecule has 0 nitrogen and oxygen atoms in total. The van der Waals surface area contributed by atoms with Crippen molar-refractivity contribution >= 4 is 21.5 Å². The normalized spacial score (nSPS) is 12.3. The molecule has 26 heavy (non-hydrogen) atoms. The van der Waals surface area contributed by atoms with Crippen LogP contribution in [-0.2, 0) is 26.2 Å². The summed E-state index contributed by atoms with van der Waals surface area (Å²) < 4.78 is 0. The largest absolute Gasteiger partial charge is 2.00 e. The number of allylic oxidation sites excluding steroid dienone is 8. The Labute approximate surface area is 187 Å². The maximum atomic E-state index is 2.99. The van der Waals surface area contributed by atoms with E-state index in [0.717, 1.165) is 12.8 Å². The van der Waals surface area contributed by atoms with Crippen molar-refractivity contribution < 1.29 is 51.0 Å². The number of hydrogen-bond acceptors (Lipinski definition) is 0. The minimum absolute atomic E-state index is 0. The van der Waals surface area contributed by atoms with Crippen LogP contribution >= 0.6 is 0 Å². The van der Waals surface area contributed by atoms with Gasteiger partial charge in [0.15, 0.2) is 0 Å². The average molecular weight is 458 g/mol. The Bertz CT molecular complexity index is 793. The first-order valence-electron chi connectivity index (χ1n) is 7.92. The van der Waals surface area contributed by atoms with E-state index in [4.69, 9.17) is 0 Å². The minimum atomic E-state index is 0. The van der Waals surface area contributed by atoms with Gasteiger partial charge in [0.25, 0.3) is 0 Å². The number of hydrogen-bond donors (Lipinski definition) is 0. The van der Waals surface area contributed by atoms with Gasteiger partial charge in [0.1, 0.15) is 0 Å². The van der Waals surface area contributed by atoms with Crippen LogP contribution in [0.1, 0.15) is 12.8 Å². The molecule has 0 atom stereocenters. The summed E-state index contributed by atoms with van der Waals surface area (Å²) in [7, 11) is 0. The first-order chi connectivity index (χ1) is 11.4. The van der Waals surface area contributed by atoms with Crippen molar-refractivity contribution in [2.24, 2.45) is 0 Å². The molecule has 0 fully saturated rings. The molecule has 2 aliphatic carbocycles. The van der Waals surface area contributed by atoms with Crippen LogP contribution in [0.15, 0.2) is 91.1 Å². The third-order valence-corrected chi connectivity index (χ3v) is 3.69. The van der Waals surface area contributed by atoms with Gasteiger partial charge in [-0.3, -0.25) is 12.2 Å².